The van der Waals surface area contributed by atoms with Gasteiger partial charge >= 0.3 is 12.4 Å². The van der Waals surface area contributed by atoms with E-state index in [0.29, 0.717) is 44.2 Å². The Kier molecular flexibility index (Phi) is 27.1. The van der Waals surface area contributed by atoms with Crippen molar-refractivity contribution in [3.63, 3.8) is 0 Å². The summed E-state index contributed by atoms with van der Waals surface area (Å²) in [5.74, 6) is -14.5. The molecule has 2 aliphatic carbocycles. The van der Waals surface area contributed by atoms with Crippen LogP contribution in [0.5, 0.6) is 0 Å². The second-order valence-corrected chi connectivity index (χ2v) is 30.8. The Labute approximate surface area is 613 Å². The number of likely N-dealkylation sites (N-methyl/N-ethyl adjacent to an activating group) is 7. The number of aryl methyl sites for hydroxylation is 1. The van der Waals surface area contributed by atoms with Gasteiger partial charge in [0.15, 0.2) is 0 Å². The molecule has 5 aliphatic rings. The fraction of sp³-hybridized carbons (Fsp3) is 0.649. The summed E-state index contributed by atoms with van der Waals surface area (Å²) < 4.78 is 114. The van der Waals surface area contributed by atoms with Gasteiger partial charge in [0.05, 0.1) is 25.1 Å². The van der Waals surface area contributed by atoms with Gasteiger partial charge in [-0.15, -0.1) is 0 Å². The molecule has 7 rings (SSSR count). The highest BCUT2D eigenvalue weighted by molar-refractivity contribution is 6.01. The Morgan fingerprint density at radius 1 is 0.642 bits per heavy atom. The van der Waals surface area contributed by atoms with Crippen molar-refractivity contribution in [2.24, 2.45) is 16.7 Å². The third-order valence-electron chi connectivity index (χ3n) is 21.4. The van der Waals surface area contributed by atoms with Crippen LogP contribution in [0.1, 0.15) is 154 Å². The SMILES string of the molecule is CCC[C@H]1C(=O)N[C@@H]([C@@H](C)CC)C(=O)N(C)CC(=O)N(C)[C@H]2C/C=C\CCN(C2=O)[C@@H](Cc2ccc(C(F)(F)F)cc2)C(=O)N(C)CC(=O)NC(CCc2cc(F)c(C(F)(F)F)c(F)c2)C(=O)N2CC3(CC3)C[C@H]2C(=O)NC2(CCC2)C(=O)N(C)[C@@H](CC(C)(C)C)C(=O)N(C)[C@H](C(=O)N(C)C)CC(=O)N1C. The van der Waals surface area contributed by atoms with E-state index in [1.807, 2.05) is 20.8 Å². The summed E-state index contributed by atoms with van der Waals surface area (Å²) in [5, 5.41) is 8.30. The molecule has 2 saturated carbocycles. The average Bonchev–Trinajstić information content (AvgIpc) is 1.56. The number of amides is 12. The normalized spacial score (nSPS) is 25.7. The van der Waals surface area contributed by atoms with Crippen LogP contribution < -0.4 is 16.0 Å². The van der Waals surface area contributed by atoms with Crippen LogP contribution in [-0.2, 0) is 82.7 Å². The van der Waals surface area contributed by atoms with E-state index in [2.05, 4.69) is 16.0 Å². The zero-order valence-corrected chi connectivity index (χ0v) is 62.9. The maximum absolute atomic E-state index is 15.4. The number of carbonyl (C=O) groups is 12. The number of hydrogen-bond donors (Lipinski definition) is 3. The lowest BCUT2D eigenvalue weighted by Gasteiger charge is -2.46. The zero-order chi connectivity index (χ0) is 79.2. The molecule has 3 aliphatic heterocycles. The van der Waals surface area contributed by atoms with Crippen LogP contribution in [0.4, 0.5) is 35.1 Å². The minimum absolute atomic E-state index is 0.0240. The van der Waals surface area contributed by atoms with Crippen molar-refractivity contribution in [3.8, 4) is 0 Å². The molecule has 106 heavy (non-hydrogen) atoms. The van der Waals surface area contributed by atoms with Crippen molar-refractivity contribution >= 4 is 70.9 Å². The van der Waals surface area contributed by atoms with Crippen molar-refractivity contribution in [1.29, 1.82) is 0 Å². The van der Waals surface area contributed by atoms with Gasteiger partial charge in [-0.05, 0) is 129 Å². The summed E-state index contributed by atoms with van der Waals surface area (Å²) in [7, 11) is 10.6. The molecule has 9 atom stereocenters. The molecule has 2 aromatic carbocycles. The second-order valence-electron chi connectivity index (χ2n) is 30.8. The Morgan fingerprint density at radius 3 is 1.79 bits per heavy atom. The largest absolute Gasteiger partial charge is 0.422 e. The predicted molar refractivity (Wildman–Crippen MR) is 372 cm³/mol. The third kappa shape index (κ3) is 19.9. The molecule has 586 valence electrons. The molecule has 1 unspecified atom stereocenters. The van der Waals surface area contributed by atoms with Gasteiger partial charge in [-0.2, -0.15) is 26.3 Å². The van der Waals surface area contributed by atoms with Crippen LogP contribution in [-0.4, -0.2) is 251 Å². The van der Waals surface area contributed by atoms with Gasteiger partial charge in [-0.25, -0.2) is 8.78 Å². The van der Waals surface area contributed by atoms with Crippen LogP contribution in [0.3, 0.4) is 0 Å². The van der Waals surface area contributed by atoms with Crippen molar-refractivity contribution in [2.45, 2.75) is 211 Å². The summed E-state index contributed by atoms with van der Waals surface area (Å²) in [5.41, 5.74) is -6.53. The van der Waals surface area contributed by atoms with E-state index in [0.717, 1.165) is 60.7 Å². The van der Waals surface area contributed by atoms with E-state index < -0.39 is 215 Å². The van der Waals surface area contributed by atoms with Crippen molar-refractivity contribution in [3.05, 3.63) is 82.4 Å². The molecular weight excluding hydrogens is 1400 g/mol. The number of nitrogens with zero attached hydrogens (tertiary/aromatic N) is 9. The number of nitrogens with one attached hydrogen (secondary N) is 3. The van der Waals surface area contributed by atoms with Gasteiger partial charge in [0, 0.05) is 75.9 Å². The van der Waals surface area contributed by atoms with Gasteiger partial charge in [0.2, 0.25) is 70.9 Å². The van der Waals surface area contributed by atoms with Gasteiger partial charge < -0.3 is 60.0 Å². The van der Waals surface area contributed by atoms with Gasteiger partial charge in [0.1, 0.15) is 71.1 Å². The first-order valence-electron chi connectivity index (χ1n) is 36.0. The highest BCUT2D eigenvalue weighted by Crippen LogP contribution is 2.55. The minimum Gasteiger partial charge on any atom is -0.347 e. The highest BCUT2D eigenvalue weighted by atomic mass is 19.4. The van der Waals surface area contributed by atoms with E-state index in [4.69, 9.17) is 0 Å². The number of benzene rings is 2. The minimum atomic E-state index is -5.45. The molecule has 2 bridgehead atoms. The van der Waals surface area contributed by atoms with Crippen LogP contribution >= 0.6 is 0 Å². The van der Waals surface area contributed by atoms with Gasteiger partial charge in [-0.1, -0.05) is 78.7 Å². The monoisotopic (exact) mass is 1500 g/mol. The maximum Gasteiger partial charge on any atom is 0.422 e. The quantitative estimate of drug-likeness (QED) is 0.170. The van der Waals surface area contributed by atoms with Crippen LogP contribution in [0.25, 0.3) is 0 Å². The van der Waals surface area contributed by atoms with Crippen molar-refractivity contribution in [1.82, 2.24) is 60.0 Å². The molecule has 0 aromatic heterocycles. The van der Waals surface area contributed by atoms with E-state index >= 15 is 37.5 Å². The molecule has 2 spiro atoms. The molecule has 24 nitrogen and oxygen atoms in total. The van der Waals surface area contributed by atoms with E-state index in [1.54, 1.807) is 32.9 Å². The molecule has 3 heterocycles. The number of halogens is 8. The van der Waals surface area contributed by atoms with Gasteiger partial charge in [0.25, 0.3) is 0 Å². The Bertz CT molecular complexity index is 3650. The molecule has 12 amide bonds. The highest BCUT2D eigenvalue weighted by Gasteiger charge is 2.58. The summed E-state index contributed by atoms with van der Waals surface area (Å²) in [6, 6.07) is -7.09. The summed E-state index contributed by atoms with van der Waals surface area (Å²) >= 11 is 0. The molecule has 4 fully saturated rings. The topological polar surface area (TPSA) is 270 Å². The van der Waals surface area contributed by atoms with Crippen molar-refractivity contribution in [2.75, 3.05) is 82.6 Å². The van der Waals surface area contributed by atoms with Crippen LogP contribution in [0.15, 0.2) is 48.6 Å². The number of hydrogen-bond acceptors (Lipinski definition) is 12. The third-order valence-corrected chi connectivity index (χ3v) is 21.4. The molecule has 3 N–H and O–H groups in total. The smallest absolute Gasteiger partial charge is 0.347 e. The van der Waals surface area contributed by atoms with Crippen LogP contribution in [0, 0.1) is 28.4 Å². The number of alkyl halides is 6. The molecular formula is C74H102F8N12O12. The fourth-order valence-corrected chi connectivity index (χ4v) is 14.4. The summed E-state index contributed by atoms with van der Waals surface area (Å²) in [6.45, 7) is 8.70. The van der Waals surface area contributed by atoms with Crippen molar-refractivity contribution < 1.29 is 92.7 Å². The number of rotatable bonds is 11. The standard InChI is InChI=1S/C74H102F8N12O12/c1-15-21-50-61(98)84-60(43(3)16-2)68(105)88(10)41-58(97)90(12)51-22-18-17-19-33-93(67(51)104)53(36-44-23-26-46(27-24-44)73(77,78)79)65(102)87(9)40-56(95)83-49(28-25-45-34-47(75)59(48(76)35-45)74(80,81)82)63(100)94-42-71(31-32-71)39-54(94)62(99)85-72(29-20-30-72)69(106)92(14)55(38-70(4,5)6)66(103)91(13)52(64(101)86(7)8)37-57(96)89(50)11/h17-18,23-24,26-27,34-35,43,49-55,60H,15-16,19-22,25,28-33,36-42H2,1-14H3,(H,83,95)(H,84,98)(H,85,99)/b18-17-/t43-,49?,50-,51-,52-,53-,54-,55-,60-/m0/s1. The first-order chi connectivity index (χ1) is 49.3. The summed E-state index contributed by atoms with van der Waals surface area (Å²) in [6.07, 6.45) is -7.01. The lowest BCUT2D eigenvalue weighted by Crippen LogP contribution is -2.68. The summed E-state index contributed by atoms with van der Waals surface area (Å²) in [4.78, 5) is 190. The lowest BCUT2D eigenvalue weighted by atomic mass is 9.74. The Morgan fingerprint density at radius 2 is 1.25 bits per heavy atom. The molecule has 32 heteroatoms. The molecule has 2 saturated heterocycles. The van der Waals surface area contributed by atoms with Crippen LogP contribution in [0.2, 0.25) is 0 Å². The zero-order valence-electron chi connectivity index (χ0n) is 62.9. The Balaban J connectivity index is 1.34. The first-order valence-corrected chi connectivity index (χ1v) is 36.0. The maximum atomic E-state index is 15.4. The lowest BCUT2D eigenvalue weighted by molar-refractivity contribution is -0.157. The molecule has 0 radical (unpaired) electrons. The first kappa shape index (κ1) is 84.5. The predicted octanol–water partition coefficient (Wildman–Crippen LogP) is 6.11. The fourth-order valence-electron chi connectivity index (χ4n) is 14.4. The van der Waals surface area contributed by atoms with E-state index in [-0.39, 0.29) is 69.2 Å². The Hall–Kier alpha value is -8.74. The van der Waals surface area contributed by atoms with E-state index in [1.165, 1.54) is 64.0 Å². The second kappa shape index (κ2) is 34.0. The van der Waals surface area contributed by atoms with Gasteiger partial charge in [-0.3, -0.25) is 57.5 Å². The average molecular weight is 1500 g/mol. The molecule has 2 aromatic rings. The number of fused-ring (bicyclic) bond motifs is 3. The number of carbonyl (C=O) groups excluding carboxylic acids is 12. The van der Waals surface area contributed by atoms with E-state index in [9.17, 15) is 55.1 Å².